The minimum Gasteiger partial charge on any atom is -0.389 e. The third-order valence-corrected chi connectivity index (χ3v) is 10.7. The highest BCUT2D eigenvalue weighted by Crippen LogP contribution is 2.34. The molecule has 1 aromatic carbocycles. The maximum Gasteiger partial charge on any atom is 0.249 e. The van der Waals surface area contributed by atoms with Gasteiger partial charge in [0, 0.05) is 61.8 Å². The van der Waals surface area contributed by atoms with E-state index in [-0.39, 0.29) is 30.7 Å². The Balaban J connectivity index is 0.857. The van der Waals surface area contributed by atoms with Crippen molar-refractivity contribution in [1.29, 1.82) is 5.26 Å². The van der Waals surface area contributed by atoms with Gasteiger partial charge in [-0.1, -0.05) is 0 Å². The van der Waals surface area contributed by atoms with E-state index in [1.807, 2.05) is 15.8 Å². The van der Waals surface area contributed by atoms with E-state index in [0.29, 0.717) is 97.7 Å². The Bertz CT molecular complexity index is 2320. The van der Waals surface area contributed by atoms with Crippen LogP contribution in [-0.4, -0.2) is 94.9 Å². The average molecular weight is 750 g/mol. The van der Waals surface area contributed by atoms with Crippen molar-refractivity contribution in [2.75, 3.05) is 36.4 Å². The molecule has 17 heteroatoms. The number of piperidine rings is 3. The van der Waals surface area contributed by atoms with Gasteiger partial charge in [0.05, 0.1) is 53.7 Å². The van der Waals surface area contributed by atoms with Gasteiger partial charge in [-0.05, 0) is 62.4 Å². The summed E-state index contributed by atoms with van der Waals surface area (Å²) in [7, 11) is 0. The number of aromatic nitrogens is 6. The lowest BCUT2D eigenvalue weighted by Crippen LogP contribution is -2.49. The van der Waals surface area contributed by atoms with Gasteiger partial charge in [0.25, 0.3) is 0 Å². The number of imide groups is 1. The monoisotopic (exact) mass is 749 g/mol. The molecule has 0 radical (unpaired) electrons. The minimum absolute atomic E-state index is 0.0181. The maximum atomic E-state index is 15.2. The number of hydrogen-bond acceptors (Lipinski definition) is 11. The van der Waals surface area contributed by atoms with Crippen molar-refractivity contribution < 1.29 is 28.3 Å². The number of benzene rings is 1. The molecular weight excluding hydrogens is 712 g/mol. The molecule has 3 N–H and O–H groups in total. The second kappa shape index (κ2) is 14.5. The van der Waals surface area contributed by atoms with Gasteiger partial charge in [-0.25, -0.2) is 18.9 Å². The molecule has 1 atom stereocenters. The largest absolute Gasteiger partial charge is 0.389 e. The van der Waals surface area contributed by atoms with Gasteiger partial charge in [0.2, 0.25) is 23.7 Å². The number of fused-ring (bicyclic) bond motifs is 1. The number of amides is 3. The van der Waals surface area contributed by atoms with E-state index in [1.54, 1.807) is 40.0 Å². The number of nitrogens with one attached hydrogen (secondary N) is 2. The predicted molar refractivity (Wildman–Crippen MR) is 194 cm³/mol. The summed E-state index contributed by atoms with van der Waals surface area (Å²) in [6.07, 6.45) is 10.6. The first-order valence-electron chi connectivity index (χ1n) is 18.2. The van der Waals surface area contributed by atoms with E-state index in [2.05, 4.69) is 31.9 Å². The molecular formula is C38H37F2N11O4. The summed E-state index contributed by atoms with van der Waals surface area (Å²) < 4.78 is 32.2. The molecule has 0 spiro atoms. The van der Waals surface area contributed by atoms with Crippen molar-refractivity contribution in [3.8, 4) is 28.6 Å². The van der Waals surface area contributed by atoms with E-state index < -0.39 is 29.3 Å². The van der Waals surface area contributed by atoms with E-state index in [9.17, 15) is 29.1 Å². The highest BCUT2D eigenvalue weighted by atomic mass is 19.1. The Labute approximate surface area is 313 Å². The summed E-state index contributed by atoms with van der Waals surface area (Å²) in [4.78, 5) is 49.1. The quantitative estimate of drug-likeness (QED) is 0.156. The number of nitriles is 1. The smallest absolute Gasteiger partial charge is 0.249 e. The lowest BCUT2D eigenvalue weighted by atomic mass is 9.87. The molecule has 4 aromatic heterocycles. The lowest BCUT2D eigenvalue weighted by molar-refractivity contribution is -0.139. The number of hydrogen-bond donors (Lipinski definition) is 3. The highest BCUT2D eigenvalue weighted by molar-refractivity contribution is 6.01. The number of aliphatic hydroxyl groups is 1. The summed E-state index contributed by atoms with van der Waals surface area (Å²) in [6.45, 7) is 1.74. The third-order valence-electron chi connectivity index (χ3n) is 10.7. The first kappa shape index (κ1) is 35.7. The number of pyridine rings is 1. The molecule has 55 heavy (non-hydrogen) atoms. The molecule has 3 aliphatic rings. The zero-order valence-electron chi connectivity index (χ0n) is 29.7. The van der Waals surface area contributed by atoms with Crippen molar-refractivity contribution >= 4 is 34.6 Å². The summed E-state index contributed by atoms with van der Waals surface area (Å²) in [6, 6.07) is 8.97. The zero-order chi connectivity index (χ0) is 38.3. The lowest BCUT2D eigenvalue weighted by Gasteiger charge is -2.40. The molecule has 7 heterocycles. The van der Waals surface area contributed by atoms with Crippen LogP contribution in [0.1, 0.15) is 56.6 Å². The van der Waals surface area contributed by atoms with Crippen molar-refractivity contribution in [2.24, 2.45) is 0 Å². The normalized spacial score (nSPS) is 19.0. The van der Waals surface area contributed by atoms with Crippen LogP contribution in [0.4, 0.5) is 20.2 Å². The van der Waals surface area contributed by atoms with Gasteiger partial charge in [0.15, 0.2) is 0 Å². The SMILES string of the molecule is N#Cc1cnn2cc(-c3cnn(C4CCN(C(=O)CC5(O)CCN(c6ccc(NC7CCC(=O)NC7=O)cc6F)CC5)CC4)c3)nc(-c3ccc(F)nc3)c12. The number of anilines is 2. The highest BCUT2D eigenvalue weighted by Gasteiger charge is 2.37. The van der Waals surface area contributed by atoms with Gasteiger partial charge in [-0.2, -0.15) is 19.8 Å². The first-order valence-corrected chi connectivity index (χ1v) is 18.2. The minimum atomic E-state index is -1.20. The number of rotatable bonds is 8. The summed E-state index contributed by atoms with van der Waals surface area (Å²) in [5.41, 5.74) is 2.67. The second-order valence-electron chi connectivity index (χ2n) is 14.3. The van der Waals surface area contributed by atoms with Crippen molar-refractivity contribution in [3.05, 3.63) is 78.6 Å². The summed E-state index contributed by atoms with van der Waals surface area (Å²) in [5.74, 6) is -1.98. The van der Waals surface area contributed by atoms with E-state index in [0.717, 1.165) is 5.56 Å². The molecule has 1 unspecified atom stereocenters. The molecule has 0 bridgehead atoms. The number of likely N-dealkylation sites (tertiary alicyclic amines) is 1. The van der Waals surface area contributed by atoms with Crippen LogP contribution in [0.15, 0.2) is 61.3 Å². The zero-order valence-corrected chi connectivity index (χ0v) is 29.7. The van der Waals surface area contributed by atoms with E-state index in [1.165, 1.54) is 24.5 Å². The molecule has 0 aliphatic carbocycles. The molecule has 8 rings (SSSR count). The van der Waals surface area contributed by atoms with Gasteiger partial charge >= 0.3 is 0 Å². The fraction of sp³-hybridized carbons (Fsp3) is 0.368. The Morgan fingerprint density at radius 2 is 1.80 bits per heavy atom. The average Bonchev–Trinajstić information content (AvgIpc) is 3.85. The Morgan fingerprint density at radius 3 is 2.51 bits per heavy atom. The molecule has 3 aliphatic heterocycles. The van der Waals surface area contributed by atoms with E-state index >= 15 is 4.39 Å². The van der Waals surface area contributed by atoms with Crippen LogP contribution in [-0.2, 0) is 14.4 Å². The van der Waals surface area contributed by atoms with E-state index in [4.69, 9.17) is 4.98 Å². The topological polar surface area (TPSA) is 187 Å². The number of nitrogens with zero attached hydrogens (tertiary/aromatic N) is 9. The van der Waals surface area contributed by atoms with Crippen molar-refractivity contribution in [1.82, 2.24) is 39.6 Å². The molecule has 3 fully saturated rings. The Morgan fingerprint density at radius 1 is 1.00 bits per heavy atom. The molecule has 3 amide bonds. The summed E-state index contributed by atoms with van der Waals surface area (Å²) >= 11 is 0. The van der Waals surface area contributed by atoms with Crippen LogP contribution in [0.5, 0.6) is 0 Å². The molecule has 5 aromatic rings. The summed E-state index contributed by atoms with van der Waals surface area (Å²) in [5, 5.41) is 35.3. The number of carbonyl (C=O) groups excluding carboxylic acids is 3. The standard InChI is InChI=1S/C38H37F2N11O4/c39-28-15-26(45-29-3-6-33(52)47-37(29)54)2-4-31(28)48-13-9-38(55,10-14-48)16-34(53)49-11-7-27(8-12-49)50-21-25(20-43-50)30-22-51-36(24(17-41)19-44-51)35(46-30)23-1-5-32(40)42-18-23/h1-2,4-5,15,18-22,27,29,45,55H,3,6-14,16H2,(H,47,52,54). The van der Waals surface area contributed by atoms with Crippen LogP contribution in [0.3, 0.4) is 0 Å². The van der Waals surface area contributed by atoms with Gasteiger partial charge in [0.1, 0.15) is 29.0 Å². The molecule has 3 saturated heterocycles. The number of carbonyl (C=O) groups is 3. The van der Waals surface area contributed by atoms with Crippen LogP contribution >= 0.6 is 0 Å². The van der Waals surface area contributed by atoms with Crippen LogP contribution in [0.25, 0.3) is 28.0 Å². The Kier molecular flexibility index (Phi) is 9.43. The van der Waals surface area contributed by atoms with Crippen LogP contribution in [0.2, 0.25) is 0 Å². The third kappa shape index (κ3) is 7.32. The van der Waals surface area contributed by atoms with Gasteiger partial charge < -0.3 is 20.2 Å². The van der Waals surface area contributed by atoms with Crippen LogP contribution in [0, 0.1) is 23.1 Å². The fourth-order valence-corrected chi connectivity index (χ4v) is 7.62. The number of halogens is 2. The first-order chi connectivity index (χ1) is 26.6. The van der Waals surface area contributed by atoms with Gasteiger partial charge in [-0.15, -0.1) is 0 Å². The maximum absolute atomic E-state index is 15.2. The molecule has 0 saturated carbocycles. The van der Waals surface area contributed by atoms with Crippen molar-refractivity contribution in [2.45, 2.75) is 62.6 Å². The second-order valence-corrected chi connectivity index (χ2v) is 14.3. The van der Waals surface area contributed by atoms with Gasteiger partial charge in [-0.3, -0.25) is 24.4 Å². The van der Waals surface area contributed by atoms with Crippen molar-refractivity contribution in [3.63, 3.8) is 0 Å². The fourth-order valence-electron chi connectivity index (χ4n) is 7.62. The van der Waals surface area contributed by atoms with Crippen LogP contribution < -0.4 is 15.5 Å². The molecule has 15 nitrogen and oxygen atoms in total. The molecule has 282 valence electrons. The predicted octanol–water partition coefficient (Wildman–Crippen LogP) is 3.61. The Hall–Kier alpha value is -6.28.